The summed E-state index contributed by atoms with van der Waals surface area (Å²) in [6, 6.07) is 3.45. The van der Waals surface area contributed by atoms with Crippen LogP contribution in [0.5, 0.6) is 0 Å². The maximum atomic E-state index is 14.0. The van der Waals surface area contributed by atoms with E-state index in [0.29, 0.717) is 24.0 Å². The van der Waals surface area contributed by atoms with Gasteiger partial charge in [-0.05, 0) is 34.8 Å². The van der Waals surface area contributed by atoms with Gasteiger partial charge in [-0.2, -0.15) is 0 Å². The second kappa shape index (κ2) is 4.99. The van der Waals surface area contributed by atoms with Crippen molar-refractivity contribution in [3.63, 3.8) is 0 Å². The van der Waals surface area contributed by atoms with Crippen LogP contribution in [0.2, 0.25) is 0 Å². The van der Waals surface area contributed by atoms with Crippen LogP contribution in [0.15, 0.2) is 12.1 Å². The summed E-state index contributed by atoms with van der Waals surface area (Å²) in [5.74, 6) is -1.35. The van der Waals surface area contributed by atoms with Gasteiger partial charge in [0.25, 0.3) is 0 Å². The Bertz CT molecular complexity index is 379. The minimum absolute atomic E-state index is 0.0428. The van der Waals surface area contributed by atoms with Gasteiger partial charge in [-0.1, -0.05) is 53.7 Å². The summed E-state index contributed by atoms with van der Waals surface area (Å²) >= 11 is 0. The Morgan fingerprint density at radius 3 is 1.22 bits per heavy atom. The number of halogens is 2. The predicted molar refractivity (Wildman–Crippen MR) is 72.7 cm³/mol. The van der Waals surface area contributed by atoms with Crippen molar-refractivity contribution >= 4 is 0 Å². The smallest absolute Gasteiger partial charge is 0.162 e. The molecule has 102 valence electrons. The number of hydrogen-bond donors (Lipinski definition) is 0. The van der Waals surface area contributed by atoms with Gasteiger partial charge in [-0.25, -0.2) is 8.78 Å². The Morgan fingerprint density at radius 1 is 0.722 bits per heavy atom. The molecular formula is C16H24F2. The highest BCUT2D eigenvalue weighted by atomic mass is 19.2. The molecule has 0 atom stereocenters. The van der Waals surface area contributed by atoms with Crippen molar-refractivity contribution in [2.45, 2.75) is 54.4 Å². The van der Waals surface area contributed by atoms with Gasteiger partial charge < -0.3 is 0 Å². The maximum Gasteiger partial charge on any atom is 0.162 e. The highest BCUT2D eigenvalue weighted by Crippen LogP contribution is 2.28. The molecule has 0 fully saturated rings. The molecule has 2 heteroatoms. The normalized spacial score (nSPS) is 12.9. The minimum atomic E-state index is -0.674. The molecule has 1 aromatic rings. The Labute approximate surface area is 109 Å². The third-order valence-electron chi connectivity index (χ3n) is 2.68. The first-order valence-electron chi connectivity index (χ1n) is 6.45. The van der Waals surface area contributed by atoms with Crippen LogP contribution < -0.4 is 0 Å². The molecule has 0 aliphatic carbocycles. The van der Waals surface area contributed by atoms with Crippen LogP contribution in [0.4, 0.5) is 8.78 Å². The predicted octanol–water partition coefficient (Wildman–Crippen LogP) is 5.14. The van der Waals surface area contributed by atoms with Crippen molar-refractivity contribution in [1.82, 2.24) is 0 Å². The molecule has 0 nitrogen and oxygen atoms in total. The van der Waals surface area contributed by atoms with E-state index in [-0.39, 0.29) is 10.8 Å². The van der Waals surface area contributed by atoms with E-state index in [1.807, 2.05) is 41.5 Å². The monoisotopic (exact) mass is 254 g/mol. The van der Waals surface area contributed by atoms with Crippen LogP contribution in [0.25, 0.3) is 0 Å². The topological polar surface area (TPSA) is 0 Å². The van der Waals surface area contributed by atoms with E-state index < -0.39 is 11.6 Å². The molecule has 0 aliphatic heterocycles. The fourth-order valence-corrected chi connectivity index (χ4v) is 2.05. The SMILES string of the molecule is CC(C)(C)Cc1ccc(CC(C)(C)C)c(F)c1F. The van der Waals surface area contributed by atoms with Gasteiger partial charge in [0.1, 0.15) is 0 Å². The number of rotatable bonds is 2. The first-order chi connectivity index (χ1) is 7.99. The highest BCUT2D eigenvalue weighted by molar-refractivity contribution is 5.27. The zero-order valence-corrected chi connectivity index (χ0v) is 12.3. The molecule has 0 amide bonds. The van der Waals surface area contributed by atoms with Crippen LogP contribution in [0.3, 0.4) is 0 Å². The molecule has 0 spiro atoms. The van der Waals surface area contributed by atoms with E-state index in [9.17, 15) is 8.78 Å². The molecule has 0 radical (unpaired) electrons. The Kier molecular flexibility index (Phi) is 4.19. The zero-order valence-electron chi connectivity index (χ0n) is 12.3. The molecule has 0 aromatic heterocycles. The van der Waals surface area contributed by atoms with Gasteiger partial charge in [-0.3, -0.25) is 0 Å². The maximum absolute atomic E-state index is 14.0. The van der Waals surface area contributed by atoms with E-state index in [1.165, 1.54) is 0 Å². The summed E-state index contributed by atoms with van der Waals surface area (Å²) < 4.78 is 28.0. The molecular weight excluding hydrogens is 230 g/mol. The van der Waals surface area contributed by atoms with Gasteiger partial charge in [-0.15, -0.1) is 0 Å². The van der Waals surface area contributed by atoms with E-state index in [1.54, 1.807) is 12.1 Å². The summed E-state index contributed by atoms with van der Waals surface area (Å²) in [6.45, 7) is 12.1. The largest absolute Gasteiger partial charge is 0.203 e. The Hall–Kier alpha value is -0.920. The van der Waals surface area contributed by atoms with Crippen molar-refractivity contribution in [3.8, 4) is 0 Å². The second-order valence-electron chi connectivity index (χ2n) is 7.49. The molecule has 0 aliphatic rings. The first kappa shape index (κ1) is 15.1. The van der Waals surface area contributed by atoms with Crippen LogP contribution in [0, 0.1) is 22.5 Å². The van der Waals surface area contributed by atoms with Crippen molar-refractivity contribution in [3.05, 3.63) is 34.9 Å². The highest BCUT2D eigenvalue weighted by Gasteiger charge is 2.21. The van der Waals surface area contributed by atoms with Crippen molar-refractivity contribution in [2.24, 2.45) is 10.8 Å². The molecule has 0 unspecified atom stereocenters. The van der Waals surface area contributed by atoms with E-state index in [4.69, 9.17) is 0 Å². The summed E-state index contributed by atoms with van der Waals surface area (Å²) in [6.07, 6.45) is 1.09. The van der Waals surface area contributed by atoms with Crippen LogP contribution in [-0.2, 0) is 12.8 Å². The van der Waals surface area contributed by atoms with Gasteiger partial charge in [0.05, 0.1) is 0 Å². The standard InChI is InChI=1S/C16H24F2/c1-15(2,3)9-11-7-8-12(10-16(4,5)6)14(18)13(11)17/h7-8H,9-10H2,1-6H3. The third-order valence-corrected chi connectivity index (χ3v) is 2.68. The van der Waals surface area contributed by atoms with Gasteiger partial charge in [0.2, 0.25) is 0 Å². The average molecular weight is 254 g/mol. The number of benzene rings is 1. The van der Waals surface area contributed by atoms with E-state index in [0.717, 1.165) is 0 Å². The van der Waals surface area contributed by atoms with Crippen molar-refractivity contribution < 1.29 is 8.78 Å². The summed E-state index contributed by atoms with van der Waals surface area (Å²) in [7, 11) is 0. The fourth-order valence-electron chi connectivity index (χ4n) is 2.05. The van der Waals surface area contributed by atoms with E-state index in [2.05, 4.69) is 0 Å². The van der Waals surface area contributed by atoms with Crippen molar-refractivity contribution in [1.29, 1.82) is 0 Å². The van der Waals surface area contributed by atoms with Gasteiger partial charge in [0, 0.05) is 0 Å². The zero-order chi connectivity index (χ0) is 14.1. The Morgan fingerprint density at radius 2 is 1.00 bits per heavy atom. The first-order valence-corrected chi connectivity index (χ1v) is 6.45. The lowest BCUT2D eigenvalue weighted by Crippen LogP contribution is -2.14. The molecule has 18 heavy (non-hydrogen) atoms. The number of hydrogen-bond acceptors (Lipinski definition) is 0. The van der Waals surface area contributed by atoms with Gasteiger partial charge >= 0.3 is 0 Å². The molecule has 1 aromatic carbocycles. The van der Waals surface area contributed by atoms with Crippen LogP contribution in [0.1, 0.15) is 52.7 Å². The molecule has 1 rings (SSSR count). The molecule has 0 heterocycles. The second-order valence-corrected chi connectivity index (χ2v) is 7.49. The van der Waals surface area contributed by atoms with Crippen LogP contribution >= 0.6 is 0 Å². The van der Waals surface area contributed by atoms with Crippen LogP contribution in [-0.4, -0.2) is 0 Å². The summed E-state index contributed by atoms with van der Waals surface area (Å²) in [4.78, 5) is 0. The molecule has 0 N–H and O–H groups in total. The molecule has 0 bridgehead atoms. The minimum Gasteiger partial charge on any atom is -0.203 e. The average Bonchev–Trinajstić information content (AvgIpc) is 2.14. The summed E-state index contributed by atoms with van der Waals surface area (Å²) in [5.41, 5.74) is 0.854. The summed E-state index contributed by atoms with van der Waals surface area (Å²) in [5, 5.41) is 0. The third kappa shape index (κ3) is 4.40. The lowest BCUT2D eigenvalue weighted by atomic mass is 9.85. The molecule has 0 saturated carbocycles. The van der Waals surface area contributed by atoms with E-state index >= 15 is 0 Å². The van der Waals surface area contributed by atoms with Gasteiger partial charge in [0.15, 0.2) is 11.6 Å². The van der Waals surface area contributed by atoms with Crippen molar-refractivity contribution in [2.75, 3.05) is 0 Å². The Balaban J connectivity index is 3.06. The quantitative estimate of drug-likeness (QED) is 0.685. The molecule has 0 saturated heterocycles. The lowest BCUT2D eigenvalue weighted by Gasteiger charge is -2.21. The lowest BCUT2D eigenvalue weighted by molar-refractivity contribution is 0.382. The fraction of sp³-hybridized carbons (Fsp3) is 0.625.